The first-order valence-electron chi connectivity index (χ1n) is 7.51. The Bertz CT molecular complexity index is 628. The highest BCUT2D eigenvalue weighted by Crippen LogP contribution is 2.25. The van der Waals surface area contributed by atoms with Crippen molar-refractivity contribution in [1.29, 1.82) is 0 Å². The second-order valence-corrected chi connectivity index (χ2v) is 6.10. The predicted octanol–water partition coefficient (Wildman–Crippen LogP) is 4.63. The van der Waals surface area contributed by atoms with E-state index in [2.05, 4.69) is 20.8 Å². The maximum atomic E-state index is 5.15. The molecule has 1 heterocycles. The lowest BCUT2D eigenvalue weighted by atomic mass is 9.99. The lowest BCUT2D eigenvalue weighted by Crippen LogP contribution is -2.07. The summed E-state index contributed by atoms with van der Waals surface area (Å²) in [6.45, 7) is 0. The number of rotatable bonds is 5. The Balaban J connectivity index is 1.58. The third kappa shape index (κ3) is 3.98. The third-order valence-corrected chi connectivity index (χ3v) is 4.36. The van der Waals surface area contributed by atoms with Gasteiger partial charge in [0.1, 0.15) is 5.75 Å². The molecule has 0 spiro atoms. The number of benzene rings is 1. The van der Waals surface area contributed by atoms with Gasteiger partial charge in [0.2, 0.25) is 0 Å². The number of ether oxygens (including phenoxy) is 1. The van der Waals surface area contributed by atoms with E-state index in [4.69, 9.17) is 4.74 Å². The normalized spacial score (nSPS) is 14.5. The summed E-state index contributed by atoms with van der Waals surface area (Å²) in [4.78, 5) is 4.49. The SMILES string of the molecule is COc1ccc(Nc2nc(NN=C3CCCCC3)cs2)cc1. The molecule has 1 aromatic heterocycles. The van der Waals surface area contributed by atoms with Crippen LogP contribution in [0.3, 0.4) is 0 Å². The van der Waals surface area contributed by atoms with Crippen LogP contribution in [0.2, 0.25) is 0 Å². The van der Waals surface area contributed by atoms with E-state index in [9.17, 15) is 0 Å². The third-order valence-electron chi connectivity index (χ3n) is 3.60. The molecule has 1 fully saturated rings. The monoisotopic (exact) mass is 316 g/mol. The van der Waals surface area contributed by atoms with Gasteiger partial charge in [0.15, 0.2) is 10.9 Å². The van der Waals surface area contributed by atoms with Crippen LogP contribution >= 0.6 is 11.3 Å². The van der Waals surface area contributed by atoms with Crippen LogP contribution < -0.4 is 15.5 Å². The molecule has 0 saturated heterocycles. The molecule has 6 heteroatoms. The van der Waals surface area contributed by atoms with Gasteiger partial charge in [0.25, 0.3) is 0 Å². The number of nitrogens with one attached hydrogen (secondary N) is 2. The van der Waals surface area contributed by atoms with Gasteiger partial charge in [0, 0.05) is 16.8 Å². The molecule has 1 aromatic carbocycles. The average molecular weight is 316 g/mol. The van der Waals surface area contributed by atoms with Crippen molar-refractivity contribution in [3.63, 3.8) is 0 Å². The summed E-state index contributed by atoms with van der Waals surface area (Å²) in [5.41, 5.74) is 5.31. The van der Waals surface area contributed by atoms with Gasteiger partial charge in [-0.3, -0.25) is 5.43 Å². The Labute approximate surface area is 134 Å². The summed E-state index contributed by atoms with van der Waals surface area (Å²) in [5, 5.41) is 10.6. The molecule has 116 valence electrons. The van der Waals surface area contributed by atoms with Gasteiger partial charge >= 0.3 is 0 Å². The second-order valence-electron chi connectivity index (χ2n) is 5.24. The molecule has 0 amide bonds. The van der Waals surface area contributed by atoms with Gasteiger partial charge in [-0.15, -0.1) is 11.3 Å². The molecule has 0 radical (unpaired) electrons. The first-order chi connectivity index (χ1) is 10.8. The molecule has 5 nitrogen and oxygen atoms in total. The van der Waals surface area contributed by atoms with Crippen molar-refractivity contribution < 1.29 is 4.74 Å². The van der Waals surface area contributed by atoms with Crippen molar-refractivity contribution in [3.8, 4) is 5.75 Å². The van der Waals surface area contributed by atoms with Crippen LogP contribution in [0.25, 0.3) is 0 Å². The van der Waals surface area contributed by atoms with Gasteiger partial charge in [-0.25, -0.2) is 4.98 Å². The van der Waals surface area contributed by atoms with E-state index >= 15 is 0 Å². The van der Waals surface area contributed by atoms with Crippen LogP contribution in [0.5, 0.6) is 5.75 Å². The Kier molecular flexibility index (Phi) is 4.90. The fraction of sp³-hybridized carbons (Fsp3) is 0.375. The molecule has 1 aliphatic carbocycles. The molecule has 0 atom stereocenters. The number of methoxy groups -OCH3 is 1. The molecule has 1 saturated carbocycles. The van der Waals surface area contributed by atoms with Crippen molar-refractivity contribution in [3.05, 3.63) is 29.6 Å². The summed E-state index contributed by atoms with van der Waals surface area (Å²) in [6, 6.07) is 7.78. The largest absolute Gasteiger partial charge is 0.497 e. The number of aromatic nitrogens is 1. The minimum absolute atomic E-state index is 0.791. The second kappa shape index (κ2) is 7.26. The molecule has 3 rings (SSSR count). The smallest absolute Gasteiger partial charge is 0.189 e. The Hall–Kier alpha value is -2.08. The zero-order valence-corrected chi connectivity index (χ0v) is 13.4. The fourth-order valence-electron chi connectivity index (χ4n) is 2.39. The molecular weight excluding hydrogens is 296 g/mol. The lowest BCUT2D eigenvalue weighted by molar-refractivity contribution is 0.415. The topological polar surface area (TPSA) is 58.5 Å². The number of hydrogen-bond acceptors (Lipinski definition) is 6. The molecule has 0 unspecified atom stereocenters. The summed E-state index contributed by atoms with van der Waals surface area (Å²) >= 11 is 1.56. The van der Waals surface area contributed by atoms with Crippen LogP contribution in [0.4, 0.5) is 16.6 Å². The summed E-state index contributed by atoms with van der Waals surface area (Å²) < 4.78 is 5.15. The van der Waals surface area contributed by atoms with Crippen molar-refractivity contribution in [1.82, 2.24) is 4.98 Å². The molecule has 2 aromatic rings. The van der Waals surface area contributed by atoms with E-state index in [-0.39, 0.29) is 0 Å². The maximum absolute atomic E-state index is 5.15. The van der Waals surface area contributed by atoms with Gasteiger partial charge < -0.3 is 10.1 Å². The molecule has 1 aliphatic rings. The van der Waals surface area contributed by atoms with E-state index in [0.29, 0.717) is 0 Å². The Morgan fingerprint density at radius 2 is 1.91 bits per heavy atom. The standard InChI is InChI=1S/C16H20N4OS/c1-21-14-9-7-12(8-10-14)17-16-18-15(11-22-16)20-19-13-5-3-2-4-6-13/h7-11,20H,2-6H2,1H3,(H,17,18). The number of thiazole rings is 1. The fourth-order valence-corrected chi connectivity index (χ4v) is 3.04. The highest BCUT2D eigenvalue weighted by atomic mass is 32.1. The molecule has 0 bridgehead atoms. The van der Waals surface area contributed by atoms with E-state index in [1.54, 1.807) is 18.4 Å². The minimum atomic E-state index is 0.791. The van der Waals surface area contributed by atoms with E-state index < -0.39 is 0 Å². The highest BCUT2D eigenvalue weighted by Gasteiger charge is 2.07. The molecule has 2 N–H and O–H groups in total. The van der Waals surface area contributed by atoms with Crippen LogP contribution in [0.15, 0.2) is 34.7 Å². The summed E-state index contributed by atoms with van der Waals surface area (Å²) in [6.07, 6.45) is 6.04. The average Bonchev–Trinajstić information content (AvgIpc) is 3.02. The number of nitrogens with zero attached hydrogens (tertiary/aromatic N) is 2. The van der Waals surface area contributed by atoms with E-state index in [0.717, 1.165) is 35.2 Å². The Morgan fingerprint density at radius 1 is 1.14 bits per heavy atom. The molecule has 0 aliphatic heterocycles. The maximum Gasteiger partial charge on any atom is 0.189 e. The zero-order chi connectivity index (χ0) is 15.2. The van der Waals surface area contributed by atoms with Gasteiger partial charge in [-0.05, 0) is 49.9 Å². The number of anilines is 3. The van der Waals surface area contributed by atoms with E-state index in [1.807, 2.05) is 29.6 Å². The summed E-state index contributed by atoms with van der Waals surface area (Å²) in [5.74, 6) is 1.63. The van der Waals surface area contributed by atoms with Crippen molar-refractivity contribution in [2.45, 2.75) is 32.1 Å². The van der Waals surface area contributed by atoms with Gasteiger partial charge in [-0.2, -0.15) is 5.10 Å². The van der Waals surface area contributed by atoms with Crippen LogP contribution in [0.1, 0.15) is 32.1 Å². The molecule has 22 heavy (non-hydrogen) atoms. The summed E-state index contributed by atoms with van der Waals surface area (Å²) in [7, 11) is 1.66. The lowest BCUT2D eigenvalue weighted by Gasteiger charge is -2.11. The van der Waals surface area contributed by atoms with Crippen LogP contribution in [0, 0.1) is 0 Å². The van der Waals surface area contributed by atoms with E-state index in [1.165, 1.54) is 25.0 Å². The zero-order valence-electron chi connectivity index (χ0n) is 12.6. The first-order valence-corrected chi connectivity index (χ1v) is 8.39. The highest BCUT2D eigenvalue weighted by molar-refractivity contribution is 7.14. The van der Waals surface area contributed by atoms with Crippen molar-refractivity contribution >= 4 is 33.7 Å². The van der Waals surface area contributed by atoms with Crippen LogP contribution in [-0.2, 0) is 0 Å². The van der Waals surface area contributed by atoms with Gasteiger partial charge in [-0.1, -0.05) is 6.42 Å². The predicted molar refractivity (Wildman–Crippen MR) is 92.5 cm³/mol. The Morgan fingerprint density at radius 3 is 2.64 bits per heavy atom. The number of hydrazone groups is 1. The van der Waals surface area contributed by atoms with Crippen LogP contribution in [-0.4, -0.2) is 17.8 Å². The minimum Gasteiger partial charge on any atom is -0.497 e. The van der Waals surface area contributed by atoms with Gasteiger partial charge in [0.05, 0.1) is 7.11 Å². The van der Waals surface area contributed by atoms with Crippen molar-refractivity contribution in [2.24, 2.45) is 5.10 Å². The number of hydrogen-bond donors (Lipinski definition) is 2. The van der Waals surface area contributed by atoms with Crippen molar-refractivity contribution in [2.75, 3.05) is 17.9 Å². The molecular formula is C16H20N4OS. The first kappa shape index (κ1) is 14.8. The quantitative estimate of drug-likeness (QED) is 0.790.